The normalized spacial score (nSPS) is 25.7. The minimum Gasteiger partial charge on any atom is -0.459 e. The van der Waals surface area contributed by atoms with E-state index in [1.807, 2.05) is 20.8 Å². The minimum atomic E-state index is -1.54. The third kappa shape index (κ3) is 4.39. The standard InChI is InChI=1S/C27H30Cl2F2N2O3/c1-25(2,3)12-17-27(14-10-11-16(29)20(31)21(14)33-24(27)35)18(13-8-7-9-15(28)19(13)30)22(32-17)23(34)36-26(4,5)6/h7-11,17-18,22,32H,12H2,1-6H3,(H,33,35). The quantitative estimate of drug-likeness (QED) is 0.446. The first kappa shape index (κ1) is 26.8. The molecule has 194 valence electrons. The molecule has 1 spiro atoms. The first-order valence-electron chi connectivity index (χ1n) is 11.8. The second kappa shape index (κ2) is 8.96. The van der Waals surface area contributed by atoms with Crippen molar-refractivity contribution in [2.75, 3.05) is 5.32 Å². The van der Waals surface area contributed by atoms with E-state index in [9.17, 15) is 9.59 Å². The fourth-order valence-electron chi connectivity index (χ4n) is 5.52. The molecule has 9 heteroatoms. The predicted octanol–water partition coefficient (Wildman–Crippen LogP) is 6.36. The van der Waals surface area contributed by atoms with Crippen molar-refractivity contribution in [3.05, 3.63) is 63.1 Å². The van der Waals surface area contributed by atoms with Gasteiger partial charge < -0.3 is 10.1 Å². The summed E-state index contributed by atoms with van der Waals surface area (Å²) in [6, 6.07) is 5.63. The second-order valence-electron chi connectivity index (χ2n) is 11.7. The maximum Gasteiger partial charge on any atom is 0.324 e. The molecule has 4 unspecified atom stereocenters. The number of carbonyl (C=O) groups is 2. The average Bonchev–Trinajstić information content (AvgIpc) is 3.22. The van der Waals surface area contributed by atoms with Gasteiger partial charge in [-0.3, -0.25) is 14.9 Å². The second-order valence-corrected chi connectivity index (χ2v) is 12.5. The van der Waals surface area contributed by atoms with Gasteiger partial charge in [0.25, 0.3) is 0 Å². The molecule has 2 aromatic rings. The van der Waals surface area contributed by atoms with Crippen LogP contribution in [0.3, 0.4) is 0 Å². The first-order chi connectivity index (χ1) is 16.6. The molecular formula is C27H30Cl2F2N2O3. The van der Waals surface area contributed by atoms with Crippen LogP contribution in [0.1, 0.15) is 65.0 Å². The van der Waals surface area contributed by atoms with Gasteiger partial charge in [0, 0.05) is 12.0 Å². The monoisotopic (exact) mass is 538 g/mol. The van der Waals surface area contributed by atoms with Crippen LogP contribution in [0.15, 0.2) is 30.3 Å². The van der Waals surface area contributed by atoms with Crippen molar-refractivity contribution in [1.29, 1.82) is 0 Å². The van der Waals surface area contributed by atoms with Crippen molar-refractivity contribution in [2.24, 2.45) is 5.41 Å². The number of hydrogen-bond donors (Lipinski definition) is 2. The van der Waals surface area contributed by atoms with Gasteiger partial charge in [-0.15, -0.1) is 0 Å². The summed E-state index contributed by atoms with van der Waals surface area (Å²) in [5.74, 6) is -3.79. The summed E-state index contributed by atoms with van der Waals surface area (Å²) < 4.78 is 36.5. The number of halogens is 4. The molecule has 4 rings (SSSR count). The van der Waals surface area contributed by atoms with E-state index in [0.29, 0.717) is 12.0 Å². The van der Waals surface area contributed by atoms with Crippen LogP contribution in [0.2, 0.25) is 10.0 Å². The molecular weight excluding hydrogens is 509 g/mol. The zero-order chi connectivity index (χ0) is 26.8. The average molecular weight is 539 g/mol. The van der Waals surface area contributed by atoms with Crippen molar-refractivity contribution >= 4 is 40.8 Å². The maximum atomic E-state index is 15.6. The lowest BCUT2D eigenvalue weighted by molar-refractivity contribution is -0.157. The van der Waals surface area contributed by atoms with E-state index in [4.69, 9.17) is 27.9 Å². The number of rotatable bonds is 3. The van der Waals surface area contributed by atoms with E-state index < -0.39 is 52.5 Å². The highest BCUT2D eigenvalue weighted by molar-refractivity contribution is 6.31. The number of fused-ring (bicyclic) bond motifs is 2. The third-order valence-corrected chi connectivity index (χ3v) is 7.29. The first-order valence-corrected chi connectivity index (χ1v) is 12.6. The Labute approximate surface area is 219 Å². The molecule has 1 saturated heterocycles. The van der Waals surface area contributed by atoms with E-state index in [-0.39, 0.29) is 26.7 Å². The molecule has 2 aliphatic rings. The number of anilines is 1. The topological polar surface area (TPSA) is 67.4 Å². The van der Waals surface area contributed by atoms with Crippen LogP contribution in [0.5, 0.6) is 0 Å². The van der Waals surface area contributed by atoms with Gasteiger partial charge in [-0.05, 0) is 55.9 Å². The lowest BCUT2D eigenvalue weighted by atomic mass is 9.62. The van der Waals surface area contributed by atoms with Crippen molar-refractivity contribution in [1.82, 2.24) is 5.32 Å². The van der Waals surface area contributed by atoms with E-state index in [1.54, 1.807) is 32.9 Å². The smallest absolute Gasteiger partial charge is 0.324 e. The predicted molar refractivity (Wildman–Crippen MR) is 136 cm³/mol. The van der Waals surface area contributed by atoms with Gasteiger partial charge in [0.1, 0.15) is 22.9 Å². The lowest BCUT2D eigenvalue weighted by Crippen LogP contribution is -2.49. The molecule has 0 radical (unpaired) electrons. The Bertz CT molecular complexity index is 1240. The molecule has 2 aromatic carbocycles. The summed E-state index contributed by atoms with van der Waals surface area (Å²) in [4.78, 5) is 27.5. The number of esters is 1. The zero-order valence-corrected chi connectivity index (χ0v) is 22.6. The van der Waals surface area contributed by atoms with Gasteiger partial charge in [-0.2, -0.15) is 0 Å². The Balaban J connectivity index is 2.04. The van der Waals surface area contributed by atoms with Crippen LogP contribution in [0.25, 0.3) is 0 Å². The molecule has 5 nitrogen and oxygen atoms in total. The Morgan fingerprint density at radius 3 is 2.28 bits per heavy atom. The van der Waals surface area contributed by atoms with Gasteiger partial charge >= 0.3 is 5.97 Å². The lowest BCUT2D eigenvalue weighted by Gasteiger charge is -2.37. The zero-order valence-electron chi connectivity index (χ0n) is 21.1. The summed E-state index contributed by atoms with van der Waals surface area (Å²) in [7, 11) is 0. The Kier molecular flexibility index (Phi) is 6.68. The molecule has 2 aliphatic heterocycles. The molecule has 0 saturated carbocycles. The molecule has 36 heavy (non-hydrogen) atoms. The molecule has 1 amide bonds. The van der Waals surface area contributed by atoms with E-state index in [0.717, 1.165) is 0 Å². The molecule has 0 aromatic heterocycles. The molecule has 1 fully saturated rings. The van der Waals surface area contributed by atoms with Gasteiger partial charge in [0.05, 0.1) is 15.7 Å². The molecule has 4 atom stereocenters. The third-order valence-electron chi connectivity index (χ3n) is 6.70. The van der Waals surface area contributed by atoms with Gasteiger partial charge in [0.2, 0.25) is 5.91 Å². The highest BCUT2D eigenvalue weighted by Gasteiger charge is 2.67. The molecule has 0 bridgehead atoms. The summed E-state index contributed by atoms with van der Waals surface area (Å²) >= 11 is 12.2. The molecule has 2 heterocycles. The van der Waals surface area contributed by atoms with E-state index in [2.05, 4.69) is 10.6 Å². The van der Waals surface area contributed by atoms with Gasteiger partial charge in [-0.25, -0.2) is 8.78 Å². The van der Waals surface area contributed by atoms with Crippen LogP contribution >= 0.6 is 23.2 Å². The number of amides is 1. The van der Waals surface area contributed by atoms with E-state index >= 15 is 8.78 Å². The minimum absolute atomic E-state index is 0.0644. The largest absolute Gasteiger partial charge is 0.459 e. The fraction of sp³-hybridized carbons (Fsp3) is 0.481. The summed E-state index contributed by atoms with van der Waals surface area (Å²) in [5, 5.41) is 5.65. The highest BCUT2D eigenvalue weighted by Crippen LogP contribution is 2.58. The highest BCUT2D eigenvalue weighted by atomic mass is 35.5. The Morgan fingerprint density at radius 1 is 1.03 bits per heavy atom. The van der Waals surface area contributed by atoms with Crippen molar-refractivity contribution < 1.29 is 23.1 Å². The van der Waals surface area contributed by atoms with Crippen molar-refractivity contribution in [2.45, 2.75) is 77.0 Å². The van der Waals surface area contributed by atoms with Crippen LogP contribution in [-0.2, 0) is 19.7 Å². The van der Waals surface area contributed by atoms with Crippen LogP contribution in [0.4, 0.5) is 14.5 Å². The van der Waals surface area contributed by atoms with E-state index in [1.165, 1.54) is 18.2 Å². The summed E-state index contributed by atoms with van der Waals surface area (Å²) in [6.07, 6.45) is 0.419. The maximum absolute atomic E-state index is 15.6. The molecule has 2 N–H and O–H groups in total. The van der Waals surface area contributed by atoms with Gasteiger partial charge in [0.15, 0.2) is 5.82 Å². The Morgan fingerprint density at radius 2 is 1.67 bits per heavy atom. The Hall–Kier alpha value is -2.22. The fourth-order valence-corrected chi connectivity index (χ4v) is 5.86. The summed E-state index contributed by atoms with van der Waals surface area (Å²) in [5.41, 5.74) is -2.36. The number of ether oxygens (including phenoxy) is 1. The van der Waals surface area contributed by atoms with Crippen molar-refractivity contribution in [3.8, 4) is 0 Å². The van der Waals surface area contributed by atoms with Gasteiger partial charge in [-0.1, -0.05) is 62.2 Å². The number of hydrogen-bond acceptors (Lipinski definition) is 4. The summed E-state index contributed by atoms with van der Waals surface area (Å²) in [6.45, 7) is 11.2. The van der Waals surface area contributed by atoms with Crippen LogP contribution in [0, 0.1) is 17.0 Å². The van der Waals surface area contributed by atoms with Crippen LogP contribution < -0.4 is 10.6 Å². The number of nitrogens with one attached hydrogen (secondary N) is 2. The number of benzene rings is 2. The SMILES string of the molecule is CC(C)(C)CC1NC(C(=O)OC(C)(C)C)C(c2cccc(Cl)c2F)C12C(=O)Nc1c2ccc(Cl)c1F. The number of carbonyl (C=O) groups excluding carboxylic acids is 2. The van der Waals surface area contributed by atoms with Crippen LogP contribution in [-0.4, -0.2) is 29.6 Å². The van der Waals surface area contributed by atoms with Crippen molar-refractivity contribution in [3.63, 3.8) is 0 Å². The molecule has 0 aliphatic carbocycles.